The summed E-state index contributed by atoms with van der Waals surface area (Å²) in [6.07, 6.45) is 5.43. The molecule has 2 fully saturated rings. The fraction of sp³-hybridized carbons (Fsp3) is 0.450. The Bertz CT molecular complexity index is 829. The maximum Gasteiger partial charge on any atom is 0.311 e. The van der Waals surface area contributed by atoms with Crippen molar-refractivity contribution in [3.8, 4) is 0 Å². The normalized spacial score (nSPS) is 25.3. The van der Waals surface area contributed by atoms with Crippen molar-refractivity contribution >= 4 is 22.8 Å². The van der Waals surface area contributed by atoms with Crippen LogP contribution >= 0.6 is 0 Å². The molecule has 2 aliphatic rings. The van der Waals surface area contributed by atoms with E-state index in [1.165, 1.54) is 0 Å². The number of para-hydroxylation sites is 1. The SMILES string of the molecule is O=C(CCc1ccnc2ccccc12)N1C[C@@H]2CCC[C@@]2(C(=O)O)C1. The van der Waals surface area contributed by atoms with Crippen molar-refractivity contribution in [3.63, 3.8) is 0 Å². The summed E-state index contributed by atoms with van der Waals surface area (Å²) >= 11 is 0. The summed E-state index contributed by atoms with van der Waals surface area (Å²) in [6, 6.07) is 9.90. The van der Waals surface area contributed by atoms with Crippen LogP contribution in [0.5, 0.6) is 0 Å². The number of hydrogen-bond donors (Lipinski definition) is 1. The van der Waals surface area contributed by atoms with Crippen LogP contribution in [-0.4, -0.2) is 40.0 Å². The summed E-state index contributed by atoms with van der Waals surface area (Å²) in [4.78, 5) is 30.6. The molecule has 2 aromatic rings. The van der Waals surface area contributed by atoms with Gasteiger partial charge in [-0.25, -0.2) is 0 Å². The van der Waals surface area contributed by atoms with Crippen LogP contribution in [-0.2, 0) is 16.0 Å². The minimum atomic E-state index is -0.731. The number of benzene rings is 1. The van der Waals surface area contributed by atoms with Crippen molar-refractivity contribution in [1.82, 2.24) is 9.88 Å². The van der Waals surface area contributed by atoms with Crippen LogP contribution in [0.4, 0.5) is 0 Å². The smallest absolute Gasteiger partial charge is 0.311 e. The molecule has 1 aliphatic heterocycles. The molecular formula is C20H22N2O3. The van der Waals surface area contributed by atoms with Crippen molar-refractivity contribution in [2.45, 2.75) is 32.1 Å². The first-order chi connectivity index (χ1) is 12.1. The molecule has 130 valence electrons. The number of carbonyl (C=O) groups excluding carboxylic acids is 1. The van der Waals surface area contributed by atoms with Crippen molar-refractivity contribution < 1.29 is 14.7 Å². The number of likely N-dealkylation sites (tertiary alicyclic amines) is 1. The molecule has 1 amide bonds. The molecular weight excluding hydrogens is 316 g/mol. The predicted molar refractivity (Wildman–Crippen MR) is 94.1 cm³/mol. The van der Waals surface area contributed by atoms with Crippen LogP contribution in [0.3, 0.4) is 0 Å². The van der Waals surface area contributed by atoms with Crippen LogP contribution in [0, 0.1) is 11.3 Å². The molecule has 2 atom stereocenters. The molecule has 4 rings (SSSR count). The molecule has 5 heteroatoms. The first-order valence-corrected chi connectivity index (χ1v) is 8.94. The van der Waals surface area contributed by atoms with Gasteiger partial charge in [0.2, 0.25) is 5.91 Å². The summed E-state index contributed by atoms with van der Waals surface area (Å²) in [5.74, 6) is -0.544. The lowest BCUT2D eigenvalue weighted by molar-refractivity contribution is -0.149. The standard InChI is InChI=1S/C20H22N2O3/c23-18(22-12-15-4-3-10-20(15,13-22)19(24)25)8-7-14-9-11-21-17-6-2-1-5-16(14)17/h1-2,5-6,9,11,15H,3-4,7-8,10,12-13H2,(H,24,25)/t15-,20+/m0/s1. The number of carbonyl (C=O) groups is 2. The Balaban J connectivity index is 1.46. The van der Waals surface area contributed by atoms with E-state index in [4.69, 9.17) is 0 Å². The molecule has 2 heterocycles. The van der Waals surface area contributed by atoms with E-state index in [0.717, 1.165) is 29.3 Å². The van der Waals surface area contributed by atoms with E-state index in [-0.39, 0.29) is 11.8 Å². The van der Waals surface area contributed by atoms with Crippen LogP contribution in [0.1, 0.15) is 31.2 Å². The second kappa shape index (κ2) is 6.14. The fourth-order valence-corrected chi connectivity index (χ4v) is 4.60. The number of amides is 1. The largest absolute Gasteiger partial charge is 0.481 e. The monoisotopic (exact) mass is 338 g/mol. The zero-order valence-corrected chi connectivity index (χ0v) is 14.1. The summed E-state index contributed by atoms with van der Waals surface area (Å²) in [5.41, 5.74) is 1.36. The van der Waals surface area contributed by atoms with E-state index in [0.29, 0.717) is 32.4 Å². The van der Waals surface area contributed by atoms with Crippen molar-refractivity contribution in [3.05, 3.63) is 42.1 Å². The van der Waals surface area contributed by atoms with Gasteiger partial charge in [-0.1, -0.05) is 24.6 Å². The van der Waals surface area contributed by atoms with Gasteiger partial charge in [-0.15, -0.1) is 0 Å². The quantitative estimate of drug-likeness (QED) is 0.930. The average Bonchev–Trinajstić information content (AvgIpc) is 3.18. The second-order valence-corrected chi connectivity index (χ2v) is 7.31. The number of carboxylic acids is 1. The van der Waals surface area contributed by atoms with Gasteiger partial charge in [-0.05, 0) is 42.9 Å². The van der Waals surface area contributed by atoms with Gasteiger partial charge in [-0.3, -0.25) is 14.6 Å². The zero-order valence-electron chi connectivity index (χ0n) is 14.1. The first kappa shape index (κ1) is 16.1. The van der Waals surface area contributed by atoms with Crippen LogP contribution in [0.2, 0.25) is 0 Å². The van der Waals surface area contributed by atoms with Gasteiger partial charge in [0, 0.05) is 31.1 Å². The van der Waals surface area contributed by atoms with E-state index in [1.54, 1.807) is 11.1 Å². The van der Waals surface area contributed by atoms with E-state index >= 15 is 0 Å². The van der Waals surface area contributed by atoms with Gasteiger partial charge in [-0.2, -0.15) is 0 Å². The highest BCUT2D eigenvalue weighted by molar-refractivity contribution is 5.84. The highest BCUT2D eigenvalue weighted by Crippen LogP contribution is 2.49. The number of aliphatic carboxylic acids is 1. The lowest BCUT2D eigenvalue weighted by Gasteiger charge is -2.23. The number of carboxylic acid groups (broad SMARTS) is 1. The Morgan fingerprint density at radius 2 is 2.12 bits per heavy atom. The fourth-order valence-electron chi connectivity index (χ4n) is 4.60. The Kier molecular flexibility index (Phi) is 3.94. The Hall–Kier alpha value is -2.43. The zero-order chi connectivity index (χ0) is 17.4. The van der Waals surface area contributed by atoms with Gasteiger partial charge in [0.05, 0.1) is 10.9 Å². The minimum Gasteiger partial charge on any atom is -0.481 e. The number of pyridine rings is 1. The predicted octanol–water partition coefficient (Wildman–Crippen LogP) is 2.88. The molecule has 1 aromatic heterocycles. The highest BCUT2D eigenvalue weighted by atomic mass is 16.4. The summed E-state index contributed by atoms with van der Waals surface area (Å²) in [6.45, 7) is 0.977. The van der Waals surface area contributed by atoms with Gasteiger partial charge < -0.3 is 10.0 Å². The summed E-state index contributed by atoms with van der Waals surface area (Å²) in [5, 5.41) is 10.7. The lowest BCUT2D eigenvalue weighted by atomic mass is 9.81. The maximum atomic E-state index is 12.7. The molecule has 0 unspecified atom stereocenters. The number of aromatic nitrogens is 1. The third-order valence-corrected chi connectivity index (χ3v) is 6.00. The second-order valence-electron chi connectivity index (χ2n) is 7.31. The molecule has 1 saturated carbocycles. The van der Waals surface area contributed by atoms with Gasteiger partial charge in [0.1, 0.15) is 0 Å². The number of nitrogens with zero attached hydrogens (tertiary/aromatic N) is 2. The number of hydrogen-bond acceptors (Lipinski definition) is 3. The molecule has 1 aliphatic carbocycles. The molecule has 0 bridgehead atoms. The van der Waals surface area contributed by atoms with Crippen molar-refractivity contribution in [1.29, 1.82) is 0 Å². The highest BCUT2D eigenvalue weighted by Gasteiger charge is 2.55. The van der Waals surface area contributed by atoms with Gasteiger partial charge in [0.25, 0.3) is 0 Å². The molecule has 0 spiro atoms. The molecule has 5 nitrogen and oxygen atoms in total. The Morgan fingerprint density at radius 3 is 2.92 bits per heavy atom. The topological polar surface area (TPSA) is 70.5 Å². The van der Waals surface area contributed by atoms with Gasteiger partial charge >= 0.3 is 5.97 Å². The molecule has 1 aromatic carbocycles. The Morgan fingerprint density at radius 1 is 1.28 bits per heavy atom. The first-order valence-electron chi connectivity index (χ1n) is 8.94. The van der Waals surface area contributed by atoms with E-state index < -0.39 is 11.4 Å². The van der Waals surface area contributed by atoms with Gasteiger partial charge in [0.15, 0.2) is 0 Å². The molecule has 0 radical (unpaired) electrons. The van der Waals surface area contributed by atoms with Crippen LogP contribution in [0.15, 0.2) is 36.5 Å². The van der Waals surface area contributed by atoms with Crippen LogP contribution < -0.4 is 0 Å². The lowest BCUT2D eigenvalue weighted by Crippen LogP contribution is -2.37. The number of fused-ring (bicyclic) bond motifs is 2. The summed E-state index contributed by atoms with van der Waals surface area (Å²) < 4.78 is 0. The van der Waals surface area contributed by atoms with Crippen molar-refractivity contribution in [2.75, 3.05) is 13.1 Å². The third-order valence-electron chi connectivity index (χ3n) is 6.00. The molecule has 1 saturated heterocycles. The van der Waals surface area contributed by atoms with E-state index in [2.05, 4.69) is 4.98 Å². The maximum absolute atomic E-state index is 12.7. The minimum absolute atomic E-state index is 0.0657. The van der Waals surface area contributed by atoms with Crippen molar-refractivity contribution in [2.24, 2.45) is 11.3 Å². The van der Waals surface area contributed by atoms with Crippen LogP contribution in [0.25, 0.3) is 10.9 Å². The van der Waals surface area contributed by atoms with E-state index in [9.17, 15) is 14.7 Å². The molecule has 25 heavy (non-hydrogen) atoms. The average molecular weight is 338 g/mol. The Labute approximate surface area is 146 Å². The number of aryl methyl sites for hydroxylation is 1. The van der Waals surface area contributed by atoms with E-state index in [1.807, 2.05) is 30.3 Å². The number of rotatable bonds is 4. The third kappa shape index (κ3) is 2.68. The molecule has 1 N–H and O–H groups in total. The summed E-state index contributed by atoms with van der Waals surface area (Å²) in [7, 11) is 0.